The predicted molar refractivity (Wildman–Crippen MR) is 103 cm³/mol. The Labute approximate surface area is 163 Å². The summed E-state index contributed by atoms with van der Waals surface area (Å²) < 4.78 is 15.7. The number of carbonyl (C=O) groups excluding carboxylic acids is 2. The average Bonchev–Trinajstić information content (AvgIpc) is 3.25. The summed E-state index contributed by atoms with van der Waals surface area (Å²) in [5.74, 6) is -1.32. The van der Waals surface area contributed by atoms with Crippen LogP contribution < -0.4 is 5.43 Å². The van der Waals surface area contributed by atoms with Gasteiger partial charge < -0.3 is 4.57 Å². The Bertz CT molecular complexity index is 1280. The normalized spacial score (nSPS) is 10.8. The molecule has 0 amide bonds. The quantitative estimate of drug-likeness (QED) is 0.488. The van der Waals surface area contributed by atoms with Crippen molar-refractivity contribution in [1.82, 2.24) is 14.3 Å². The van der Waals surface area contributed by atoms with E-state index in [1.165, 1.54) is 6.20 Å². The number of pyridine rings is 1. The molecule has 2 aromatic carbocycles. The summed E-state index contributed by atoms with van der Waals surface area (Å²) in [6.45, 7) is 0.340. The van der Waals surface area contributed by atoms with Crippen LogP contribution in [0.3, 0.4) is 0 Å². The van der Waals surface area contributed by atoms with Gasteiger partial charge in [-0.25, -0.2) is 14.4 Å². The summed E-state index contributed by atoms with van der Waals surface area (Å²) in [6.07, 6.45) is 3.65. The van der Waals surface area contributed by atoms with Crippen LogP contribution in [0.5, 0.6) is 0 Å². The minimum Gasteiger partial charge on any atom is -0.342 e. The second-order valence-corrected chi connectivity index (χ2v) is 6.35. The first-order valence-corrected chi connectivity index (χ1v) is 8.66. The van der Waals surface area contributed by atoms with E-state index in [1.807, 2.05) is 24.3 Å². The molecule has 0 radical (unpaired) electrons. The lowest BCUT2D eigenvalue weighted by atomic mass is 10.1. The molecule has 8 heteroatoms. The highest BCUT2D eigenvalue weighted by Gasteiger charge is 2.17. The average molecular weight is 391 g/mol. The third-order valence-electron chi connectivity index (χ3n) is 4.56. The molecule has 144 valence electrons. The smallest absolute Gasteiger partial charge is 0.342 e. The maximum atomic E-state index is 12.4. The minimum absolute atomic E-state index is 0.296. The van der Waals surface area contributed by atoms with Gasteiger partial charge in [-0.2, -0.15) is 5.10 Å². The maximum Gasteiger partial charge on any atom is 0.384 e. The number of nitrogens with zero attached hydrogens (tertiary/aromatic N) is 3. The molecular weight excluding hydrogens is 377 g/mol. The topological polar surface area (TPSA) is 83.2 Å². The van der Waals surface area contributed by atoms with Crippen LogP contribution in [-0.4, -0.2) is 26.6 Å². The second-order valence-electron chi connectivity index (χ2n) is 6.35. The van der Waals surface area contributed by atoms with Crippen LogP contribution in [0.1, 0.15) is 26.4 Å². The van der Waals surface area contributed by atoms with Gasteiger partial charge in [0.2, 0.25) is 5.43 Å². The van der Waals surface area contributed by atoms with E-state index in [0.717, 1.165) is 11.3 Å². The molecule has 29 heavy (non-hydrogen) atoms. The molecule has 0 saturated heterocycles. The van der Waals surface area contributed by atoms with E-state index in [1.54, 1.807) is 45.8 Å². The van der Waals surface area contributed by atoms with Gasteiger partial charge >= 0.3 is 5.97 Å². The highest BCUT2D eigenvalue weighted by Crippen LogP contribution is 2.16. The molecule has 2 heterocycles. The fraction of sp³-hybridized carbons (Fsp3) is 0.0476. The van der Waals surface area contributed by atoms with Gasteiger partial charge in [-0.15, -0.1) is 0 Å². The largest absolute Gasteiger partial charge is 0.384 e. The van der Waals surface area contributed by atoms with Gasteiger partial charge in [0.15, 0.2) is 6.29 Å². The SMILES string of the molecule is O=Cc1ccn(-c2ccc(Cn3cc(C(=O)OF)c(=O)c4ccccc43)cc2)n1. The molecule has 4 aromatic rings. The highest BCUT2D eigenvalue weighted by molar-refractivity contribution is 5.93. The first-order chi connectivity index (χ1) is 14.1. The summed E-state index contributed by atoms with van der Waals surface area (Å²) in [4.78, 5) is 38.2. The summed E-state index contributed by atoms with van der Waals surface area (Å²) in [7, 11) is 0. The summed E-state index contributed by atoms with van der Waals surface area (Å²) >= 11 is 0. The van der Waals surface area contributed by atoms with E-state index in [9.17, 15) is 18.9 Å². The van der Waals surface area contributed by atoms with E-state index in [2.05, 4.69) is 10.0 Å². The van der Waals surface area contributed by atoms with E-state index in [4.69, 9.17) is 0 Å². The molecule has 0 aliphatic heterocycles. The van der Waals surface area contributed by atoms with Crippen LogP contribution in [-0.2, 0) is 11.5 Å². The van der Waals surface area contributed by atoms with Crippen molar-refractivity contribution in [1.29, 1.82) is 0 Å². The molecular formula is C21H14FN3O4. The van der Waals surface area contributed by atoms with Crippen LogP contribution >= 0.6 is 0 Å². The summed E-state index contributed by atoms with van der Waals surface area (Å²) in [6, 6.07) is 15.8. The molecule has 0 unspecified atom stereocenters. The number of benzene rings is 2. The van der Waals surface area contributed by atoms with Crippen molar-refractivity contribution >= 4 is 23.2 Å². The zero-order chi connectivity index (χ0) is 20.4. The van der Waals surface area contributed by atoms with Crippen molar-refractivity contribution in [2.45, 2.75) is 6.54 Å². The van der Waals surface area contributed by atoms with Gasteiger partial charge in [0, 0.05) is 28.9 Å². The monoisotopic (exact) mass is 391 g/mol. The van der Waals surface area contributed by atoms with Gasteiger partial charge in [0.25, 0.3) is 0 Å². The molecule has 7 nitrogen and oxygen atoms in total. The number of para-hydroxylation sites is 1. The third kappa shape index (κ3) is 3.43. The molecule has 0 spiro atoms. The number of aromatic nitrogens is 3. The zero-order valence-electron chi connectivity index (χ0n) is 15.0. The highest BCUT2D eigenvalue weighted by atomic mass is 19.3. The number of carbonyl (C=O) groups is 2. The van der Waals surface area contributed by atoms with Crippen molar-refractivity contribution in [2.75, 3.05) is 0 Å². The van der Waals surface area contributed by atoms with Crippen LogP contribution in [0.2, 0.25) is 0 Å². The molecule has 2 aromatic heterocycles. The lowest BCUT2D eigenvalue weighted by molar-refractivity contribution is -0.0789. The standard InChI is InChI=1S/C21H14FN3O4/c22-29-21(28)18-12-24(19-4-2-1-3-17(19)20(18)27)11-14-5-7-16(8-6-14)25-10-9-15(13-26)23-25/h1-10,12-13H,11H2. The molecule has 0 bridgehead atoms. The fourth-order valence-corrected chi connectivity index (χ4v) is 3.16. The summed E-state index contributed by atoms with van der Waals surface area (Å²) in [5, 5.41) is 4.42. The summed E-state index contributed by atoms with van der Waals surface area (Å²) in [5.41, 5.74) is 1.64. The number of hydrogen-bond acceptors (Lipinski definition) is 5. The fourth-order valence-electron chi connectivity index (χ4n) is 3.16. The molecule has 4 rings (SSSR count). The third-order valence-corrected chi connectivity index (χ3v) is 4.56. The van der Waals surface area contributed by atoms with Crippen LogP contribution in [0.25, 0.3) is 16.6 Å². The van der Waals surface area contributed by atoms with Crippen molar-refractivity contribution in [2.24, 2.45) is 0 Å². The minimum atomic E-state index is -1.32. The van der Waals surface area contributed by atoms with Gasteiger partial charge in [0.05, 0.1) is 11.2 Å². The van der Waals surface area contributed by atoms with E-state index >= 15 is 0 Å². The predicted octanol–water partition coefficient (Wildman–Crippen LogP) is 3.09. The van der Waals surface area contributed by atoms with Crippen molar-refractivity contribution in [3.63, 3.8) is 0 Å². The van der Waals surface area contributed by atoms with Gasteiger partial charge in [-0.3, -0.25) is 9.59 Å². The number of rotatable bonds is 5. The second kappa shape index (κ2) is 7.51. The lowest BCUT2D eigenvalue weighted by Gasteiger charge is -2.13. The number of hydrogen-bond donors (Lipinski definition) is 0. The Hall–Kier alpha value is -4.07. The van der Waals surface area contributed by atoms with E-state index in [0.29, 0.717) is 29.4 Å². The van der Waals surface area contributed by atoms with Gasteiger partial charge in [0.1, 0.15) is 11.3 Å². The number of aldehydes is 1. The molecule has 0 saturated carbocycles. The molecule has 0 fully saturated rings. The van der Waals surface area contributed by atoms with Crippen LogP contribution in [0, 0.1) is 0 Å². The van der Waals surface area contributed by atoms with Gasteiger partial charge in [-0.1, -0.05) is 24.3 Å². The van der Waals surface area contributed by atoms with E-state index in [-0.39, 0.29) is 5.56 Å². The number of fused-ring (bicyclic) bond motifs is 1. The van der Waals surface area contributed by atoms with Crippen molar-refractivity contribution < 1.29 is 19.1 Å². The first-order valence-electron chi connectivity index (χ1n) is 8.66. The van der Waals surface area contributed by atoms with Crippen LogP contribution in [0.4, 0.5) is 4.53 Å². The molecule has 0 aliphatic rings. The Balaban J connectivity index is 1.72. The number of halogens is 1. The Kier molecular flexibility index (Phi) is 4.74. The first kappa shape index (κ1) is 18.3. The maximum absolute atomic E-state index is 12.4. The van der Waals surface area contributed by atoms with Crippen molar-refractivity contribution in [3.05, 3.63) is 94.0 Å². The molecule has 0 aliphatic carbocycles. The Morgan fingerprint density at radius 1 is 1.10 bits per heavy atom. The molecule has 0 N–H and O–H groups in total. The Morgan fingerprint density at radius 3 is 2.55 bits per heavy atom. The Morgan fingerprint density at radius 2 is 1.86 bits per heavy atom. The van der Waals surface area contributed by atoms with Gasteiger partial charge in [-0.05, 0) is 35.9 Å². The lowest BCUT2D eigenvalue weighted by Crippen LogP contribution is -2.19. The zero-order valence-corrected chi connectivity index (χ0v) is 15.0. The van der Waals surface area contributed by atoms with Crippen LogP contribution in [0.15, 0.2) is 71.8 Å². The van der Waals surface area contributed by atoms with E-state index < -0.39 is 11.4 Å². The van der Waals surface area contributed by atoms with Crippen molar-refractivity contribution in [3.8, 4) is 5.69 Å². The molecule has 0 atom stereocenters.